The van der Waals surface area contributed by atoms with Crippen LogP contribution in [0, 0.1) is 0 Å². The molecule has 0 aliphatic heterocycles. The molecule has 116 valence electrons. The number of amides is 1. The van der Waals surface area contributed by atoms with E-state index in [-0.39, 0.29) is 12.1 Å². The predicted molar refractivity (Wildman–Crippen MR) is 85.9 cm³/mol. The molecule has 0 aromatic heterocycles. The van der Waals surface area contributed by atoms with Gasteiger partial charge in [-0.2, -0.15) is 0 Å². The number of carbonyl (C=O) groups excluding carboxylic acids is 1. The summed E-state index contributed by atoms with van der Waals surface area (Å²) in [6.45, 7) is 5.64. The van der Waals surface area contributed by atoms with Gasteiger partial charge in [0.05, 0.1) is 0 Å². The summed E-state index contributed by atoms with van der Waals surface area (Å²) >= 11 is 0. The van der Waals surface area contributed by atoms with Gasteiger partial charge in [0.15, 0.2) is 0 Å². The molecule has 2 rings (SSSR count). The fraction of sp³-hybridized carbons (Fsp3) is 0.588. The van der Waals surface area contributed by atoms with E-state index in [0.717, 1.165) is 12.8 Å². The number of alkyl carbamates (subject to hydrolysis) is 1. The molecule has 4 heteroatoms. The maximum Gasteiger partial charge on any atom is 0.407 e. The largest absolute Gasteiger partial charge is 0.444 e. The molecule has 4 nitrogen and oxygen atoms in total. The van der Waals surface area contributed by atoms with Crippen LogP contribution in [0.1, 0.15) is 45.1 Å². The number of nitrogens with zero attached hydrogens (tertiary/aromatic N) is 1. The van der Waals surface area contributed by atoms with Gasteiger partial charge >= 0.3 is 6.09 Å². The minimum absolute atomic E-state index is 0.178. The zero-order valence-corrected chi connectivity index (χ0v) is 13.6. The molecule has 0 radical (unpaired) electrons. The summed E-state index contributed by atoms with van der Waals surface area (Å²) in [5.74, 6) is 0.386. The molecule has 1 aromatic rings. The highest BCUT2D eigenvalue weighted by Gasteiger charge is 2.34. The predicted octanol–water partition coefficient (Wildman–Crippen LogP) is 3.52. The van der Waals surface area contributed by atoms with Crippen LogP contribution in [0.25, 0.3) is 0 Å². The van der Waals surface area contributed by atoms with E-state index in [1.807, 2.05) is 34.9 Å². The number of anilines is 1. The molecule has 1 aliphatic carbocycles. The summed E-state index contributed by atoms with van der Waals surface area (Å²) in [4.78, 5) is 14.0. The fourth-order valence-corrected chi connectivity index (χ4v) is 2.56. The minimum Gasteiger partial charge on any atom is -0.444 e. The number of ether oxygens (including phenoxy) is 1. The molecule has 0 bridgehead atoms. The highest BCUT2D eigenvalue weighted by Crippen LogP contribution is 2.38. The second-order valence-electron chi connectivity index (χ2n) is 6.93. The maximum atomic E-state index is 11.9. The molecule has 1 aromatic carbocycles. The van der Waals surface area contributed by atoms with E-state index in [0.29, 0.717) is 5.92 Å². The van der Waals surface area contributed by atoms with Crippen LogP contribution in [-0.2, 0) is 4.74 Å². The number of benzene rings is 1. The first-order valence-corrected chi connectivity index (χ1v) is 7.53. The topological polar surface area (TPSA) is 41.6 Å². The number of nitrogens with one attached hydrogen (secondary N) is 1. The molecule has 1 aliphatic rings. The van der Waals surface area contributed by atoms with Gasteiger partial charge in [0.25, 0.3) is 0 Å². The number of carbonyl (C=O) groups is 1. The van der Waals surface area contributed by atoms with Crippen molar-refractivity contribution in [2.24, 2.45) is 0 Å². The smallest absolute Gasteiger partial charge is 0.407 e. The van der Waals surface area contributed by atoms with Gasteiger partial charge < -0.3 is 15.0 Å². The van der Waals surface area contributed by atoms with Crippen molar-refractivity contribution in [3.8, 4) is 0 Å². The molecule has 0 saturated heterocycles. The zero-order chi connectivity index (χ0) is 15.6. The van der Waals surface area contributed by atoms with E-state index in [1.54, 1.807) is 0 Å². The zero-order valence-electron chi connectivity index (χ0n) is 13.6. The van der Waals surface area contributed by atoms with Crippen molar-refractivity contribution in [2.45, 2.75) is 51.2 Å². The quantitative estimate of drug-likeness (QED) is 0.926. The Kier molecular flexibility index (Phi) is 4.45. The number of rotatable bonds is 3. The minimum atomic E-state index is -0.450. The molecule has 2 atom stereocenters. The third kappa shape index (κ3) is 4.13. The Balaban J connectivity index is 1.99. The molecular formula is C17H26N2O2. The average Bonchev–Trinajstić information content (AvgIpc) is 2.33. The molecule has 21 heavy (non-hydrogen) atoms. The standard InChI is InChI=1S/C17H26N2O2/c1-17(2,3)21-16(20)18-15-10-9-14(15)12-7-6-8-13(11-12)19(4)5/h6-8,11,14-15H,9-10H2,1-5H3,(H,18,20). The Morgan fingerprint density at radius 3 is 2.52 bits per heavy atom. The van der Waals surface area contributed by atoms with Crippen LogP contribution in [0.4, 0.5) is 10.5 Å². The highest BCUT2D eigenvalue weighted by molar-refractivity contribution is 5.68. The Morgan fingerprint density at radius 2 is 2.00 bits per heavy atom. The lowest BCUT2D eigenvalue weighted by molar-refractivity contribution is 0.0466. The number of hydrogen-bond donors (Lipinski definition) is 1. The van der Waals surface area contributed by atoms with Crippen LogP contribution in [-0.4, -0.2) is 31.8 Å². The first-order valence-electron chi connectivity index (χ1n) is 7.53. The number of hydrogen-bond acceptors (Lipinski definition) is 3. The summed E-state index contributed by atoms with van der Waals surface area (Å²) < 4.78 is 5.33. The van der Waals surface area contributed by atoms with Gasteiger partial charge in [0.1, 0.15) is 5.60 Å². The molecular weight excluding hydrogens is 264 g/mol. The SMILES string of the molecule is CN(C)c1cccc(C2CCC2NC(=O)OC(C)(C)C)c1. The van der Waals surface area contributed by atoms with Crippen molar-refractivity contribution in [3.05, 3.63) is 29.8 Å². The lowest BCUT2D eigenvalue weighted by Crippen LogP contribution is -2.47. The van der Waals surface area contributed by atoms with Gasteiger partial charge in [-0.05, 0) is 51.3 Å². The normalized spacial score (nSPS) is 21.4. The van der Waals surface area contributed by atoms with Gasteiger partial charge in [-0.15, -0.1) is 0 Å². The van der Waals surface area contributed by atoms with Crippen molar-refractivity contribution in [1.82, 2.24) is 5.32 Å². The van der Waals surface area contributed by atoms with Crippen molar-refractivity contribution >= 4 is 11.8 Å². The van der Waals surface area contributed by atoms with Crippen LogP contribution >= 0.6 is 0 Å². The third-order valence-electron chi connectivity index (χ3n) is 3.79. The van der Waals surface area contributed by atoms with Crippen LogP contribution < -0.4 is 10.2 Å². The van der Waals surface area contributed by atoms with E-state index >= 15 is 0 Å². The summed E-state index contributed by atoms with van der Waals surface area (Å²) in [5, 5.41) is 3.00. The molecule has 1 amide bonds. The highest BCUT2D eigenvalue weighted by atomic mass is 16.6. The van der Waals surface area contributed by atoms with E-state index in [9.17, 15) is 4.79 Å². The van der Waals surface area contributed by atoms with E-state index in [4.69, 9.17) is 4.74 Å². The van der Waals surface area contributed by atoms with Crippen LogP contribution in [0.3, 0.4) is 0 Å². The van der Waals surface area contributed by atoms with Crippen LogP contribution in [0.15, 0.2) is 24.3 Å². The van der Waals surface area contributed by atoms with E-state index < -0.39 is 5.60 Å². The Hall–Kier alpha value is -1.71. The first-order chi connectivity index (χ1) is 9.76. The monoisotopic (exact) mass is 290 g/mol. The van der Waals surface area contributed by atoms with Crippen molar-refractivity contribution < 1.29 is 9.53 Å². The van der Waals surface area contributed by atoms with E-state index in [2.05, 4.69) is 34.5 Å². The lowest BCUT2D eigenvalue weighted by Gasteiger charge is -2.38. The third-order valence-corrected chi connectivity index (χ3v) is 3.79. The average molecular weight is 290 g/mol. The second kappa shape index (κ2) is 5.96. The van der Waals surface area contributed by atoms with Crippen molar-refractivity contribution in [1.29, 1.82) is 0 Å². The Morgan fingerprint density at radius 1 is 1.29 bits per heavy atom. The Labute approximate surface area is 127 Å². The molecule has 1 saturated carbocycles. The molecule has 1 fully saturated rings. The van der Waals surface area contributed by atoms with Gasteiger partial charge in [-0.1, -0.05) is 12.1 Å². The van der Waals surface area contributed by atoms with E-state index in [1.165, 1.54) is 11.3 Å². The molecule has 0 heterocycles. The lowest BCUT2D eigenvalue weighted by atomic mass is 9.75. The van der Waals surface area contributed by atoms with Gasteiger partial charge in [0.2, 0.25) is 0 Å². The molecule has 2 unspecified atom stereocenters. The molecule has 1 N–H and O–H groups in total. The Bertz CT molecular complexity index is 506. The van der Waals surface area contributed by atoms with Gasteiger partial charge in [-0.3, -0.25) is 0 Å². The summed E-state index contributed by atoms with van der Waals surface area (Å²) in [6, 6.07) is 8.69. The van der Waals surface area contributed by atoms with Gasteiger partial charge in [-0.25, -0.2) is 4.79 Å². The summed E-state index contributed by atoms with van der Waals surface area (Å²) in [5.41, 5.74) is 2.03. The van der Waals surface area contributed by atoms with Crippen molar-refractivity contribution in [3.63, 3.8) is 0 Å². The van der Waals surface area contributed by atoms with Gasteiger partial charge in [0, 0.05) is 31.7 Å². The maximum absolute atomic E-state index is 11.9. The second-order valence-corrected chi connectivity index (χ2v) is 6.93. The molecule has 0 spiro atoms. The first kappa shape index (κ1) is 15.7. The van der Waals surface area contributed by atoms with Crippen LogP contribution in [0.2, 0.25) is 0 Å². The van der Waals surface area contributed by atoms with Crippen molar-refractivity contribution in [2.75, 3.05) is 19.0 Å². The summed E-state index contributed by atoms with van der Waals surface area (Å²) in [7, 11) is 4.08. The van der Waals surface area contributed by atoms with Crippen LogP contribution in [0.5, 0.6) is 0 Å². The fourth-order valence-electron chi connectivity index (χ4n) is 2.56. The summed E-state index contributed by atoms with van der Waals surface area (Å²) in [6.07, 6.45) is 1.80.